The first-order valence-corrected chi connectivity index (χ1v) is 12.0. The molecular weight excluding hydrogens is 544 g/mol. The van der Waals surface area contributed by atoms with Crippen LogP contribution in [0.25, 0.3) is 10.8 Å². The van der Waals surface area contributed by atoms with Gasteiger partial charge >= 0.3 is 5.97 Å². The van der Waals surface area contributed by atoms with Crippen LogP contribution in [0.5, 0.6) is 11.6 Å². The number of hydrogen-bond donors (Lipinski definition) is 0. The summed E-state index contributed by atoms with van der Waals surface area (Å²) < 4.78 is 23.2. The third-order valence-corrected chi connectivity index (χ3v) is 6.60. The molecule has 0 radical (unpaired) electrons. The topological polar surface area (TPSA) is 123 Å². The van der Waals surface area contributed by atoms with Gasteiger partial charge < -0.3 is 18.9 Å². The lowest BCUT2D eigenvalue weighted by Crippen LogP contribution is -2.26. The van der Waals surface area contributed by atoms with Crippen molar-refractivity contribution in [3.05, 3.63) is 63.3 Å². The molecule has 2 aromatic carbocycles. The van der Waals surface area contributed by atoms with Crippen LogP contribution in [0, 0.1) is 18.3 Å². The fourth-order valence-electron chi connectivity index (χ4n) is 3.97. The number of fused-ring (bicyclic) bond motifs is 1. The maximum atomic E-state index is 12.5. The number of aromatic nitrogens is 1. The molecule has 10 nitrogen and oxygen atoms in total. The first-order chi connectivity index (χ1) is 17.7. The first kappa shape index (κ1) is 26.1. The van der Waals surface area contributed by atoms with Crippen LogP contribution >= 0.6 is 15.9 Å². The van der Waals surface area contributed by atoms with Gasteiger partial charge in [0.2, 0.25) is 23.9 Å². The minimum atomic E-state index is -1.00. The number of esters is 1. The molecule has 0 bridgehead atoms. The van der Waals surface area contributed by atoms with Crippen LogP contribution in [0.1, 0.15) is 42.5 Å². The maximum Gasteiger partial charge on any atom is 0.308 e. The van der Waals surface area contributed by atoms with Gasteiger partial charge in [-0.1, -0.05) is 30.3 Å². The second-order valence-electron chi connectivity index (χ2n) is 8.12. The van der Waals surface area contributed by atoms with Gasteiger partial charge in [-0.3, -0.25) is 9.59 Å². The minimum Gasteiger partial charge on any atom is -0.467 e. The van der Waals surface area contributed by atoms with E-state index < -0.39 is 12.2 Å². The number of rotatable bonds is 7. The van der Waals surface area contributed by atoms with E-state index in [2.05, 4.69) is 32.1 Å². The molecule has 0 saturated carbocycles. The van der Waals surface area contributed by atoms with E-state index >= 15 is 0 Å². The van der Waals surface area contributed by atoms with E-state index in [1.807, 2.05) is 30.3 Å². The van der Waals surface area contributed by atoms with E-state index in [1.165, 1.54) is 21.0 Å². The maximum absolute atomic E-state index is 12.5. The molecule has 0 spiro atoms. The van der Waals surface area contributed by atoms with Crippen LogP contribution < -0.4 is 9.47 Å². The van der Waals surface area contributed by atoms with Crippen molar-refractivity contribution in [2.75, 3.05) is 13.7 Å². The smallest absolute Gasteiger partial charge is 0.308 e. The number of amides is 1. The van der Waals surface area contributed by atoms with Crippen LogP contribution in [0.15, 0.2) is 46.0 Å². The monoisotopic (exact) mass is 566 g/mol. The van der Waals surface area contributed by atoms with Crippen LogP contribution in [-0.4, -0.2) is 41.5 Å². The van der Waals surface area contributed by atoms with Gasteiger partial charge in [0.15, 0.2) is 6.61 Å². The zero-order valence-electron chi connectivity index (χ0n) is 20.6. The fraction of sp³-hybridized carbons (Fsp3) is 0.269. The molecule has 0 aliphatic carbocycles. The van der Waals surface area contributed by atoms with Crippen LogP contribution in [0.2, 0.25) is 0 Å². The standard InChI is InChI=1S/C26H23BrN4O6/c1-14-24(27)20(12-34-4)19(11-28)25(29-14)35-13-22-30-31(15(2)32)26(37-22)23-18-8-6-5-7-17(18)9-10-21(23)36-16(3)33/h5-10,26H,12-13H2,1-4H3. The highest BCUT2D eigenvalue weighted by molar-refractivity contribution is 9.10. The summed E-state index contributed by atoms with van der Waals surface area (Å²) in [6.45, 7) is 4.39. The van der Waals surface area contributed by atoms with Crippen molar-refractivity contribution < 1.29 is 28.5 Å². The van der Waals surface area contributed by atoms with Crippen LogP contribution in [0.3, 0.4) is 0 Å². The third kappa shape index (κ3) is 5.26. The predicted octanol–water partition coefficient (Wildman–Crippen LogP) is 4.52. The van der Waals surface area contributed by atoms with Crippen molar-refractivity contribution in [1.29, 1.82) is 5.26 Å². The first-order valence-electron chi connectivity index (χ1n) is 11.2. The SMILES string of the molecule is COCc1c(Br)c(C)nc(OCC2=NN(C(C)=O)C(c3c(OC(C)=O)ccc4ccccc34)O2)c1C#N. The van der Waals surface area contributed by atoms with Gasteiger partial charge in [0.05, 0.1) is 17.9 Å². The Bertz CT molecular complexity index is 1470. The number of ether oxygens (including phenoxy) is 4. The number of nitriles is 1. The summed E-state index contributed by atoms with van der Waals surface area (Å²) in [5, 5.41) is 16.8. The van der Waals surface area contributed by atoms with E-state index in [4.69, 9.17) is 18.9 Å². The highest BCUT2D eigenvalue weighted by Gasteiger charge is 2.36. The summed E-state index contributed by atoms with van der Waals surface area (Å²) in [5.74, 6) is -0.479. The van der Waals surface area contributed by atoms with Crippen molar-refractivity contribution in [1.82, 2.24) is 9.99 Å². The minimum absolute atomic E-state index is 0.0847. The van der Waals surface area contributed by atoms with E-state index in [9.17, 15) is 14.9 Å². The second kappa shape index (κ2) is 10.9. The molecule has 1 amide bonds. The quantitative estimate of drug-likeness (QED) is 0.302. The van der Waals surface area contributed by atoms with Gasteiger partial charge in [0.25, 0.3) is 0 Å². The van der Waals surface area contributed by atoms with Gasteiger partial charge in [0, 0.05) is 31.0 Å². The number of nitrogens with zero attached hydrogens (tertiary/aromatic N) is 4. The van der Waals surface area contributed by atoms with Crippen molar-refractivity contribution in [3.8, 4) is 17.7 Å². The molecule has 1 atom stereocenters. The van der Waals surface area contributed by atoms with Gasteiger partial charge in [-0.05, 0) is 39.7 Å². The van der Waals surface area contributed by atoms with Crippen molar-refractivity contribution >= 4 is 44.5 Å². The zero-order chi connectivity index (χ0) is 26.7. The number of hydrogen-bond acceptors (Lipinski definition) is 9. The van der Waals surface area contributed by atoms with E-state index in [1.54, 1.807) is 13.0 Å². The molecule has 2 heterocycles. The van der Waals surface area contributed by atoms with Gasteiger partial charge in [0.1, 0.15) is 17.4 Å². The number of carbonyl (C=O) groups excluding carboxylic acids is 2. The number of benzene rings is 2. The molecule has 1 aliphatic heterocycles. The highest BCUT2D eigenvalue weighted by atomic mass is 79.9. The van der Waals surface area contributed by atoms with E-state index in [0.29, 0.717) is 21.3 Å². The number of hydrazone groups is 1. The summed E-state index contributed by atoms with van der Waals surface area (Å²) in [6.07, 6.45) is -1.00. The molecule has 190 valence electrons. The Morgan fingerprint density at radius 3 is 2.62 bits per heavy atom. The molecule has 0 fully saturated rings. The van der Waals surface area contributed by atoms with E-state index in [-0.39, 0.29) is 42.2 Å². The summed E-state index contributed by atoms with van der Waals surface area (Å²) in [7, 11) is 1.53. The summed E-state index contributed by atoms with van der Waals surface area (Å²) in [4.78, 5) is 28.7. The van der Waals surface area contributed by atoms with Gasteiger partial charge in [-0.15, -0.1) is 5.10 Å². The Balaban J connectivity index is 1.68. The number of carbonyl (C=O) groups is 2. The molecule has 11 heteroatoms. The largest absolute Gasteiger partial charge is 0.467 e. The number of methoxy groups -OCH3 is 1. The van der Waals surface area contributed by atoms with Crippen molar-refractivity contribution in [2.45, 2.75) is 33.6 Å². The van der Waals surface area contributed by atoms with E-state index in [0.717, 1.165) is 15.8 Å². The molecule has 1 unspecified atom stereocenters. The number of pyridine rings is 1. The van der Waals surface area contributed by atoms with Crippen LogP contribution in [-0.2, 0) is 25.7 Å². The number of aryl methyl sites for hydroxylation is 1. The molecule has 3 aromatic rings. The van der Waals surface area contributed by atoms with Crippen molar-refractivity contribution in [2.24, 2.45) is 5.10 Å². The number of halogens is 1. The average Bonchev–Trinajstić information content (AvgIpc) is 3.29. The zero-order valence-corrected chi connectivity index (χ0v) is 22.2. The molecule has 4 rings (SSSR count). The lowest BCUT2D eigenvalue weighted by molar-refractivity contribution is -0.135. The molecule has 1 aliphatic rings. The lowest BCUT2D eigenvalue weighted by Gasteiger charge is -2.23. The van der Waals surface area contributed by atoms with Gasteiger partial charge in [-0.2, -0.15) is 10.3 Å². The molecule has 37 heavy (non-hydrogen) atoms. The Labute approximate surface area is 221 Å². The van der Waals surface area contributed by atoms with Crippen LogP contribution in [0.4, 0.5) is 0 Å². The third-order valence-electron chi connectivity index (χ3n) is 5.54. The second-order valence-corrected chi connectivity index (χ2v) is 8.92. The Morgan fingerprint density at radius 1 is 1.19 bits per heavy atom. The van der Waals surface area contributed by atoms with Gasteiger partial charge in [-0.25, -0.2) is 4.98 Å². The molecule has 0 N–H and O–H groups in total. The Morgan fingerprint density at radius 2 is 1.95 bits per heavy atom. The summed E-state index contributed by atoms with van der Waals surface area (Å²) in [5.41, 5.74) is 1.90. The normalized spacial score (nSPS) is 14.6. The predicted molar refractivity (Wildman–Crippen MR) is 137 cm³/mol. The highest BCUT2D eigenvalue weighted by Crippen LogP contribution is 2.40. The Kier molecular flexibility index (Phi) is 7.71. The lowest BCUT2D eigenvalue weighted by atomic mass is 10.0. The average molecular weight is 567 g/mol. The molecule has 1 aromatic heterocycles. The Hall–Kier alpha value is -4.01. The summed E-state index contributed by atoms with van der Waals surface area (Å²) >= 11 is 3.45. The molecule has 0 saturated heterocycles. The molecular formula is C26H23BrN4O6. The fourth-order valence-corrected chi connectivity index (χ4v) is 4.37. The summed E-state index contributed by atoms with van der Waals surface area (Å²) in [6, 6.07) is 13.0. The van der Waals surface area contributed by atoms with Crippen molar-refractivity contribution in [3.63, 3.8) is 0 Å².